The summed E-state index contributed by atoms with van der Waals surface area (Å²) in [6.45, 7) is 4.21. The molecule has 2 amide bonds. The van der Waals surface area contributed by atoms with Gasteiger partial charge in [0.2, 0.25) is 0 Å². The van der Waals surface area contributed by atoms with Gasteiger partial charge in [-0.2, -0.15) is 0 Å². The summed E-state index contributed by atoms with van der Waals surface area (Å²) >= 11 is 0. The molecule has 2 aromatic carbocycles. The van der Waals surface area contributed by atoms with E-state index < -0.39 is 0 Å². The lowest BCUT2D eigenvalue weighted by Gasteiger charge is -2.13. The number of ether oxygens (including phenoxy) is 2. The van der Waals surface area contributed by atoms with Gasteiger partial charge in [-0.15, -0.1) is 0 Å². The van der Waals surface area contributed by atoms with Gasteiger partial charge in [-0.1, -0.05) is 6.07 Å². The molecule has 0 saturated heterocycles. The largest absolute Gasteiger partial charge is 0.493 e. The van der Waals surface area contributed by atoms with Crippen LogP contribution in [-0.4, -0.2) is 32.6 Å². The number of nitrogens with one attached hydrogen (secondary N) is 2. The van der Waals surface area contributed by atoms with E-state index in [2.05, 4.69) is 10.6 Å². The van der Waals surface area contributed by atoms with Crippen molar-refractivity contribution in [1.82, 2.24) is 5.32 Å². The molecule has 6 heteroatoms. The maximum absolute atomic E-state index is 12.6. The first-order valence-corrected chi connectivity index (χ1v) is 7.92. The van der Waals surface area contributed by atoms with Crippen molar-refractivity contribution in [1.29, 1.82) is 0 Å². The van der Waals surface area contributed by atoms with Gasteiger partial charge in [0.1, 0.15) is 0 Å². The Morgan fingerprint density at radius 1 is 1.00 bits per heavy atom. The van der Waals surface area contributed by atoms with Crippen LogP contribution in [0.5, 0.6) is 11.5 Å². The lowest BCUT2D eigenvalue weighted by Crippen LogP contribution is -2.22. The van der Waals surface area contributed by atoms with Crippen molar-refractivity contribution in [2.24, 2.45) is 0 Å². The molecule has 0 bridgehead atoms. The normalized spacial score (nSPS) is 10.1. The van der Waals surface area contributed by atoms with Gasteiger partial charge in [0, 0.05) is 23.4 Å². The van der Waals surface area contributed by atoms with Crippen molar-refractivity contribution in [3.8, 4) is 11.5 Å². The highest BCUT2D eigenvalue weighted by molar-refractivity contribution is 6.06. The first kappa shape index (κ1) is 18.3. The van der Waals surface area contributed by atoms with E-state index >= 15 is 0 Å². The summed E-state index contributed by atoms with van der Waals surface area (Å²) < 4.78 is 10.5. The van der Waals surface area contributed by atoms with Gasteiger partial charge in [-0.3, -0.25) is 9.59 Å². The number of rotatable bonds is 6. The fraction of sp³-hybridized carbons (Fsp3) is 0.263. The van der Waals surface area contributed by atoms with Crippen LogP contribution >= 0.6 is 0 Å². The van der Waals surface area contributed by atoms with E-state index in [0.29, 0.717) is 34.9 Å². The van der Waals surface area contributed by atoms with Gasteiger partial charge in [0.05, 0.1) is 14.2 Å². The molecule has 0 heterocycles. The van der Waals surface area contributed by atoms with Gasteiger partial charge in [-0.05, 0) is 49.7 Å². The third-order valence-electron chi connectivity index (χ3n) is 3.70. The maximum atomic E-state index is 12.6. The summed E-state index contributed by atoms with van der Waals surface area (Å²) in [6, 6.07) is 10.2. The van der Waals surface area contributed by atoms with Crippen molar-refractivity contribution in [2.45, 2.75) is 13.8 Å². The Bertz CT molecular complexity index is 787. The van der Waals surface area contributed by atoms with Crippen molar-refractivity contribution in [2.75, 3.05) is 26.1 Å². The molecule has 0 radical (unpaired) electrons. The number of amides is 2. The first-order valence-electron chi connectivity index (χ1n) is 7.92. The molecule has 0 aromatic heterocycles. The highest BCUT2D eigenvalue weighted by Gasteiger charge is 2.15. The summed E-state index contributed by atoms with van der Waals surface area (Å²) in [6.07, 6.45) is 0. The van der Waals surface area contributed by atoms with Crippen molar-refractivity contribution in [3.63, 3.8) is 0 Å². The van der Waals surface area contributed by atoms with Crippen LogP contribution < -0.4 is 20.1 Å². The zero-order valence-corrected chi connectivity index (χ0v) is 14.8. The molecule has 0 fully saturated rings. The Kier molecular flexibility index (Phi) is 6.00. The van der Waals surface area contributed by atoms with Crippen LogP contribution in [0.2, 0.25) is 0 Å². The molecule has 0 aliphatic rings. The number of anilines is 1. The van der Waals surface area contributed by atoms with Crippen molar-refractivity contribution in [3.05, 3.63) is 53.1 Å². The molecule has 2 aromatic rings. The average Bonchev–Trinajstić information content (AvgIpc) is 2.61. The molecule has 0 aliphatic carbocycles. The molecule has 2 rings (SSSR count). The minimum atomic E-state index is -0.286. The number of benzene rings is 2. The van der Waals surface area contributed by atoms with Crippen LogP contribution in [0.15, 0.2) is 36.4 Å². The highest BCUT2D eigenvalue weighted by Crippen LogP contribution is 2.30. The molecule has 0 unspecified atom stereocenters. The zero-order chi connectivity index (χ0) is 18.4. The topological polar surface area (TPSA) is 76.7 Å². The SMILES string of the molecule is CCNC(=O)c1cccc(NC(=O)c2cc(OC)c(OC)cc2C)c1. The number of aryl methyl sites for hydroxylation is 1. The number of carbonyl (C=O) groups excluding carboxylic acids is 2. The Labute approximate surface area is 147 Å². The molecule has 6 nitrogen and oxygen atoms in total. The second-order valence-electron chi connectivity index (χ2n) is 5.42. The van der Waals surface area contributed by atoms with Gasteiger partial charge >= 0.3 is 0 Å². The number of carbonyl (C=O) groups is 2. The molecule has 0 atom stereocenters. The fourth-order valence-corrected chi connectivity index (χ4v) is 2.42. The van der Waals surface area contributed by atoms with E-state index in [1.54, 1.807) is 43.5 Å². The third-order valence-corrected chi connectivity index (χ3v) is 3.70. The summed E-state index contributed by atoms with van der Waals surface area (Å²) in [4.78, 5) is 24.5. The van der Waals surface area contributed by atoms with Gasteiger partial charge in [-0.25, -0.2) is 0 Å². The van der Waals surface area contributed by atoms with Gasteiger partial charge < -0.3 is 20.1 Å². The predicted molar refractivity (Wildman–Crippen MR) is 96.7 cm³/mol. The summed E-state index contributed by atoms with van der Waals surface area (Å²) in [5.74, 6) is 0.580. The minimum Gasteiger partial charge on any atom is -0.493 e. The van der Waals surface area contributed by atoms with Crippen LogP contribution in [0, 0.1) is 6.92 Å². The summed E-state index contributed by atoms with van der Waals surface area (Å²) in [5, 5.41) is 5.54. The molecule has 0 saturated carbocycles. The maximum Gasteiger partial charge on any atom is 0.256 e. The highest BCUT2D eigenvalue weighted by atomic mass is 16.5. The fourth-order valence-electron chi connectivity index (χ4n) is 2.42. The smallest absolute Gasteiger partial charge is 0.256 e. The molecular weight excluding hydrogens is 320 g/mol. The van der Waals surface area contributed by atoms with Crippen LogP contribution in [0.1, 0.15) is 33.2 Å². The standard InChI is InChI=1S/C19H22N2O4/c1-5-20-18(22)13-7-6-8-14(10-13)21-19(23)15-11-17(25-4)16(24-3)9-12(15)2/h6-11H,5H2,1-4H3,(H,20,22)(H,21,23). The van der Waals surface area contributed by atoms with E-state index in [4.69, 9.17) is 9.47 Å². The Balaban J connectivity index is 2.25. The molecule has 0 aliphatic heterocycles. The molecule has 2 N–H and O–H groups in total. The Hall–Kier alpha value is -3.02. The van der Waals surface area contributed by atoms with E-state index in [-0.39, 0.29) is 11.8 Å². The van der Waals surface area contributed by atoms with Crippen LogP contribution in [0.25, 0.3) is 0 Å². The van der Waals surface area contributed by atoms with Gasteiger partial charge in [0.15, 0.2) is 11.5 Å². The number of hydrogen-bond acceptors (Lipinski definition) is 4. The quantitative estimate of drug-likeness (QED) is 0.846. The van der Waals surface area contributed by atoms with Gasteiger partial charge in [0.25, 0.3) is 11.8 Å². The molecule has 25 heavy (non-hydrogen) atoms. The molecule has 132 valence electrons. The van der Waals surface area contributed by atoms with Crippen LogP contribution in [-0.2, 0) is 0 Å². The van der Waals surface area contributed by atoms with Crippen molar-refractivity contribution >= 4 is 17.5 Å². The molecule has 0 spiro atoms. The third kappa shape index (κ3) is 4.29. The van der Waals surface area contributed by atoms with Crippen molar-refractivity contribution < 1.29 is 19.1 Å². The van der Waals surface area contributed by atoms with E-state index in [1.165, 1.54) is 7.11 Å². The first-order chi connectivity index (χ1) is 12.0. The van der Waals surface area contributed by atoms with E-state index in [1.807, 2.05) is 13.8 Å². The predicted octanol–water partition coefficient (Wildman–Crippen LogP) is 3.01. The Morgan fingerprint density at radius 3 is 2.32 bits per heavy atom. The summed E-state index contributed by atoms with van der Waals surface area (Å²) in [5.41, 5.74) is 2.27. The van der Waals surface area contributed by atoms with E-state index in [0.717, 1.165) is 5.56 Å². The van der Waals surface area contributed by atoms with Crippen LogP contribution in [0.4, 0.5) is 5.69 Å². The lowest BCUT2D eigenvalue weighted by molar-refractivity contribution is 0.0954. The second-order valence-corrected chi connectivity index (χ2v) is 5.42. The van der Waals surface area contributed by atoms with E-state index in [9.17, 15) is 9.59 Å². The minimum absolute atomic E-state index is 0.180. The summed E-state index contributed by atoms with van der Waals surface area (Å²) in [7, 11) is 3.06. The van der Waals surface area contributed by atoms with Crippen LogP contribution in [0.3, 0.4) is 0 Å². The zero-order valence-electron chi connectivity index (χ0n) is 14.8. The molecular formula is C19H22N2O4. The number of methoxy groups -OCH3 is 2. The second kappa shape index (κ2) is 8.19. The Morgan fingerprint density at radius 2 is 1.68 bits per heavy atom. The lowest BCUT2D eigenvalue weighted by atomic mass is 10.1. The monoisotopic (exact) mass is 342 g/mol. The average molecular weight is 342 g/mol. The number of hydrogen-bond donors (Lipinski definition) is 2.